The number of aliphatic carboxylic acids is 1. The van der Waals surface area contributed by atoms with Crippen molar-refractivity contribution in [2.75, 3.05) is 0 Å². The maximum absolute atomic E-state index is 12.8. The zero-order valence-electron chi connectivity index (χ0n) is 21.6. The Labute approximate surface area is 221 Å². The summed E-state index contributed by atoms with van der Waals surface area (Å²) in [5, 5.41) is 12.5. The summed E-state index contributed by atoms with van der Waals surface area (Å²) in [5.41, 5.74) is 11.0. The Morgan fingerprint density at radius 1 is 1.03 bits per heavy atom. The number of carboxylic acid groups (broad SMARTS) is 1. The predicted octanol–water partition coefficient (Wildman–Crippen LogP) is -0.0465. The highest BCUT2D eigenvalue weighted by Gasteiger charge is 2.32. The molecule has 4 amide bonds. The van der Waals surface area contributed by atoms with Gasteiger partial charge < -0.3 is 26.6 Å². The van der Waals surface area contributed by atoms with Gasteiger partial charge in [0, 0.05) is 6.42 Å². The van der Waals surface area contributed by atoms with E-state index in [1.807, 2.05) is 0 Å². The van der Waals surface area contributed by atoms with Crippen LogP contribution in [0, 0.1) is 11.8 Å². The zero-order chi connectivity index (χ0) is 28.8. The normalized spacial score (nSPS) is 13.2. The lowest BCUT2D eigenvalue weighted by Crippen LogP contribution is -2.57. The van der Waals surface area contributed by atoms with E-state index in [0.29, 0.717) is 0 Å². The van der Waals surface area contributed by atoms with Gasteiger partial charge in [0.1, 0.15) is 18.7 Å². The van der Waals surface area contributed by atoms with Crippen molar-refractivity contribution in [3.63, 3.8) is 0 Å². The summed E-state index contributed by atoms with van der Waals surface area (Å²) < 4.78 is 5.11. The van der Waals surface area contributed by atoms with Crippen LogP contribution in [0.4, 0.5) is 0 Å². The molecule has 8 N–H and O–H groups in total. The minimum Gasteiger partial charge on any atom is -0.481 e. The summed E-state index contributed by atoms with van der Waals surface area (Å²) in [7, 11) is 0. The van der Waals surface area contributed by atoms with Crippen LogP contribution in [0.3, 0.4) is 0 Å². The second-order valence-corrected chi connectivity index (χ2v) is 9.31. The lowest BCUT2D eigenvalue weighted by atomic mass is 10.00. The first-order valence-electron chi connectivity index (χ1n) is 12.2. The molecule has 1 rings (SSSR count). The van der Waals surface area contributed by atoms with Gasteiger partial charge in [-0.25, -0.2) is 5.84 Å². The van der Waals surface area contributed by atoms with Crippen molar-refractivity contribution >= 4 is 35.6 Å². The number of primary amides is 2. The Morgan fingerprint density at radius 3 is 2.18 bits per heavy atom. The number of hydrogen-bond acceptors (Lipinski definition) is 8. The Kier molecular flexibility index (Phi) is 13.5. The molecule has 13 nitrogen and oxygen atoms in total. The molecule has 0 aliphatic carbocycles. The Balaban J connectivity index is 2.68. The minimum absolute atomic E-state index is 0.0515. The number of benzene rings is 1. The molecule has 0 fully saturated rings. The SMILES string of the molecule is CC(C)C[C@@H](C(=O)N[C@@H](CC(N)=O)C(N)=O)N(N)C(=O)CCCCC(C(=O)O)C(=O)OCc1ccccc1. The van der Waals surface area contributed by atoms with E-state index < -0.39 is 60.0 Å². The van der Waals surface area contributed by atoms with Crippen molar-refractivity contribution in [1.29, 1.82) is 0 Å². The van der Waals surface area contributed by atoms with Gasteiger partial charge >= 0.3 is 11.9 Å². The third-order valence-electron chi connectivity index (χ3n) is 5.63. The van der Waals surface area contributed by atoms with Gasteiger partial charge in [-0.1, -0.05) is 50.6 Å². The highest BCUT2D eigenvalue weighted by molar-refractivity contribution is 5.94. The first-order valence-corrected chi connectivity index (χ1v) is 12.2. The molecule has 0 aromatic heterocycles. The number of amides is 4. The number of hydrazine groups is 1. The highest BCUT2D eigenvalue weighted by Crippen LogP contribution is 2.16. The first-order chi connectivity index (χ1) is 17.8. The first kappa shape index (κ1) is 32.0. The minimum atomic E-state index is -1.39. The molecule has 3 atom stereocenters. The number of unbranched alkanes of at least 4 members (excludes halogenated alkanes) is 1. The van der Waals surface area contributed by atoms with Crippen LogP contribution in [0.5, 0.6) is 0 Å². The Hall–Kier alpha value is -4.00. The maximum Gasteiger partial charge on any atom is 0.320 e. The van der Waals surface area contributed by atoms with Crippen LogP contribution < -0.4 is 22.6 Å². The molecule has 0 heterocycles. The molecule has 1 unspecified atom stereocenters. The lowest BCUT2D eigenvalue weighted by Gasteiger charge is -2.29. The van der Waals surface area contributed by atoms with Crippen LogP contribution in [0.15, 0.2) is 30.3 Å². The summed E-state index contributed by atoms with van der Waals surface area (Å²) >= 11 is 0. The number of hydrogen-bond donors (Lipinski definition) is 5. The standard InChI is InChI=1S/C25H37N5O8/c1-15(2)12-19(23(34)29-18(22(27)33)13-20(26)31)30(28)21(32)11-7-6-10-17(24(35)36)25(37)38-14-16-8-4-3-5-9-16/h3-5,8-9,15,17-19H,6-7,10-14,28H2,1-2H3,(H2,26,31)(H2,27,33)(H,29,34)(H,35,36)/t17?,18-,19-/m0/s1. The van der Waals surface area contributed by atoms with Gasteiger partial charge in [-0.15, -0.1) is 0 Å². The van der Waals surface area contributed by atoms with Gasteiger partial charge in [-0.05, 0) is 30.7 Å². The molecule has 0 spiro atoms. The van der Waals surface area contributed by atoms with Gasteiger partial charge in [0.15, 0.2) is 5.92 Å². The van der Waals surface area contributed by atoms with Crippen molar-refractivity contribution in [2.45, 2.75) is 71.1 Å². The van der Waals surface area contributed by atoms with E-state index >= 15 is 0 Å². The molecule has 1 aromatic carbocycles. The number of carbonyl (C=O) groups excluding carboxylic acids is 5. The molecular weight excluding hydrogens is 498 g/mol. The third kappa shape index (κ3) is 11.4. The largest absolute Gasteiger partial charge is 0.481 e. The molecule has 210 valence electrons. The number of nitrogens with two attached hydrogens (primary N) is 3. The van der Waals surface area contributed by atoms with Crippen molar-refractivity contribution in [3.8, 4) is 0 Å². The number of rotatable bonds is 17. The predicted molar refractivity (Wildman–Crippen MR) is 135 cm³/mol. The lowest BCUT2D eigenvalue weighted by molar-refractivity contribution is -0.160. The smallest absolute Gasteiger partial charge is 0.320 e. The molecule has 0 bridgehead atoms. The van der Waals surface area contributed by atoms with Gasteiger partial charge in [0.25, 0.3) is 0 Å². The fraction of sp³-hybridized carbons (Fsp3) is 0.520. The maximum atomic E-state index is 12.8. The van der Waals surface area contributed by atoms with Crippen LogP contribution in [0.1, 0.15) is 57.9 Å². The average molecular weight is 536 g/mol. The van der Waals surface area contributed by atoms with E-state index in [1.165, 1.54) is 0 Å². The van der Waals surface area contributed by atoms with Gasteiger partial charge in [-0.2, -0.15) is 0 Å². The summed E-state index contributed by atoms with van der Waals surface area (Å²) in [6.07, 6.45) is -0.115. The van der Waals surface area contributed by atoms with Gasteiger partial charge in [0.05, 0.1) is 6.42 Å². The molecule has 13 heteroatoms. The Morgan fingerprint density at radius 2 is 1.66 bits per heavy atom. The fourth-order valence-electron chi connectivity index (χ4n) is 3.58. The number of nitrogens with zero attached hydrogens (tertiary/aromatic N) is 1. The molecule has 0 saturated carbocycles. The van der Waals surface area contributed by atoms with Crippen LogP contribution in [0.25, 0.3) is 0 Å². The highest BCUT2D eigenvalue weighted by atomic mass is 16.5. The summed E-state index contributed by atoms with van der Waals surface area (Å²) in [6.45, 7) is 3.55. The monoisotopic (exact) mass is 535 g/mol. The topological polar surface area (TPSA) is 225 Å². The summed E-state index contributed by atoms with van der Waals surface area (Å²) in [6, 6.07) is 6.31. The van der Waals surface area contributed by atoms with E-state index in [0.717, 1.165) is 10.6 Å². The van der Waals surface area contributed by atoms with Gasteiger partial charge in [-0.3, -0.25) is 33.8 Å². The molecule has 0 aliphatic rings. The second-order valence-electron chi connectivity index (χ2n) is 9.31. The van der Waals surface area contributed by atoms with E-state index in [4.69, 9.17) is 22.0 Å². The molecule has 0 aliphatic heterocycles. The number of carbonyl (C=O) groups is 6. The number of ether oxygens (including phenoxy) is 1. The fourth-order valence-corrected chi connectivity index (χ4v) is 3.58. The van der Waals surface area contributed by atoms with Crippen LogP contribution in [-0.2, 0) is 40.1 Å². The number of esters is 1. The third-order valence-corrected chi connectivity index (χ3v) is 5.63. The molecule has 0 saturated heterocycles. The molecular formula is C25H37N5O8. The number of nitrogens with one attached hydrogen (secondary N) is 1. The molecule has 0 radical (unpaired) electrons. The molecule has 1 aromatic rings. The molecule has 38 heavy (non-hydrogen) atoms. The van der Waals surface area contributed by atoms with Crippen molar-refractivity contribution in [2.24, 2.45) is 29.1 Å². The van der Waals surface area contributed by atoms with Crippen LogP contribution >= 0.6 is 0 Å². The zero-order valence-corrected chi connectivity index (χ0v) is 21.6. The second kappa shape index (κ2) is 16.0. The van der Waals surface area contributed by atoms with Crippen LogP contribution in [0.2, 0.25) is 0 Å². The number of carboxylic acids is 1. The van der Waals surface area contributed by atoms with E-state index in [2.05, 4.69) is 5.32 Å². The van der Waals surface area contributed by atoms with E-state index in [9.17, 15) is 33.9 Å². The van der Waals surface area contributed by atoms with E-state index in [-0.39, 0.29) is 44.6 Å². The van der Waals surface area contributed by atoms with Gasteiger partial charge in [0.2, 0.25) is 23.6 Å². The van der Waals surface area contributed by atoms with Crippen molar-refractivity contribution < 1.29 is 38.6 Å². The van der Waals surface area contributed by atoms with Crippen LogP contribution in [-0.4, -0.2) is 57.8 Å². The van der Waals surface area contributed by atoms with Crippen molar-refractivity contribution in [1.82, 2.24) is 10.3 Å². The quantitative estimate of drug-likeness (QED) is 0.0449. The Bertz CT molecular complexity index is 985. The van der Waals surface area contributed by atoms with E-state index in [1.54, 1.807) is 44.2 Å². The summed E-state index contributed by atoms with van der Waals surface area (Å²) in [5.74, 6) is -0.903. The summed E-state index contributed by atoms with van der Waals surface area (Å²) in [4.78, 5) is 72.0. The average Bonchev–Trinajstić information content (AvgIpc) is 2.84. The van der Waals surface area contributed by atoms with Crippen molar-refractivity contribution in [3.05, 3.63) is 35.9 Å².